The Balaban J connectivity index is 1.53. The van der Waals surface area contributed by atoms with Gasteiger partial charge in [0.05, 0.1) is 16.3 Å². The predicted octanol–water partition coefficient (Wildman–Crippen LogP) is 3.05. The Labute approximate surface area is 167 Å². The number of aryl methyl sites for hydroxylation is 1. The molecule has 1 aliphatic heterocycles. The first kappa shape index (κ1) is 18.8. The first-order valence-corrected chi connectivity index (χ1v) is 10.4. The summed E-state index contributed by atoms with van der Waals surface area (Å²) in [7, 11) is 0. The zero-order valence-corrected chi connectivity index (χ0v) is 16.9. The summed E-state index contributed by atoms with van der Waals surface area (Å²) in [5.74, 6) is 0.853. The highest BCUT2D eigenvalue weighted by molar-refractivity contribution is 7.19. The fourth-order valence-electron chi connectivity index (χ4n) is 3.75. The zero-order valence-electron chi connectivity index (χ0n) is 16.1. The van der Waals surface area contributed by atoms with E-state index in [1.165, 1.54) is 22.7 Å². The molecule has 2 aliphatic rings. The van der Waals surface area contributed by atoms with E-state index in [0.717, 1.165) is 41.4 Å². The largest absolute Gasteiger partial charge is 0.368 e. The minimum absolute atomic E-state index is 0.350. The molecule has 148 valence electrons. The summed E-state index contributed by atoms with van der Waals surface area (Å²) in [4.78, 5) is 40.6. The summed E-state index contributed by atoms with van der Waals surface area (Å²) >= 11 is 1.38. The number of nitrogens with zero attached hydrogens (tertiary/aromatic N) is 4. The molecule has 4 rings (SSSR count). The van der Waals surface area contributed by atoms with Gasteiger partial charge < -0.3 is 10.6 Å². The first-order valence-electron chi connectivity index (χ1n) is 9.58. The van der Waals surface area contributed by atoms with Crippen LogP contribution in [0.25, 0.3) is 10.6 Å². The van der Waals surface area contributed by atoms with Crippen LogP contribution in [-0.4, -0.2) is 43.9 Å². The molecule has 1 saturated heterocycles. The molecular weight excluding hydrogens is 376 g/mol. The average Bonchev–Trinajstić information content (AvgIpc) is 3.17. The number of thiazole rings is 1. The van der Waals surface area contributed by atoms with Crippen LogP contribution in [0.1, 0.15) is 56.5 Å². The topological polar surface area (TPSA) is 114 Å². The molecule has 2 fully saturated rings. The molecule has 28 heavy (non-hydrogen) atoms. The van der Waals surface area contributed by atoms with Gasteiger partial charge in [-0.1, -0.05) is 17.8 Å². The lowest BCUT2D eigenvalue weighted by atomic mass is 9.85. The Morgan fingerprint density at radius 1 is 1.32 bits per heavy atom. The zero-order chi connectivity index (χ0) is 19.9. The lowest BCUT2D eigenvalue weighted by molar-refractivity contribution is -0.126. The Hall–Kier alpha value is -2.55. The van der Waals surface area contributed by atoms with Gasteiger partial charge in [-0.15, -0.1) is 0 Å². The van der Waals surface area contributed by atoms with Crippen LogP contribution in [0.3, 0.4) is 0 Å². The third-order valence-corrected chi connectivity index (χ3v) is 6.90. The highest BCUT2D eigenvalue weighted by Crippen LogP contribution is 2.37. The Bertz CT molecular complexity index is 925. The van der Waals surface area contributed by atoms with Gasteiger partial charge in [-0.2, -0.15) is 0 Å². The van der Waals surface area contributed by atoms with Crippen LogP contribution in [0, 0.1) is 6.92 Å². The lowest BCUT2D eigenvalue weighted by Crippen LogP contribution is -2.55. The third-order valence-electron chi connectivity index (χ3n) is 5.80. The number of rotatable bonds is 4. The van der Waals surface area contributed by atoms with E-state index in [2.05, 4.69) is 15.3 Å². The van der Waals surface area contributed by atoms with Crippen LogP contribution in [-0.2, 0) is 4.79 Å². The molecule has 8 nitrogen and oxygen atoms in total. The normalized spacial score (nSPS) is 22.1. The van der Waals surface area contributed by atoms with Gasteiger partial charge >= 0.3 is 6.03 Å². The summed E-state index contributed by atoms with van der Waals surface area (Å²) in [5.41, 5.74) is 6.20. The van der Waals surface area contributed by atoms with Crippen LogP contribution in [0.4, 0.5) is 9.93 Å². The van der Waals surface area contributed by atoms with Gasteiger partial charge in [0.15, 0.2) is 5.13 Å². The number of urea groups is 1. The second-order valence-corrected chi connectivity index (χ2v) is 8.68. The monoisotopic (exact) mass is 400 g/mol. The molecule has 0 radical (unpaired) electrons. The van der Waals surface area contributed by atoms with Crippen molar-refractivity contribution in [3.63, 3.8) is 0 Å². The van der Waals surface area contributed by atoms with Gasteiger partial charge in [0.25, 0.3) is 0 Å². The minimum Gasteiger partial charge on any atom is -0.368 e. The molecule has 3 heterocycles. The molecule has 0 unspecified atom stereocenters. The first-order chi connectivity index (χ1) is 13.4. The number of carbonyl (C=O) groups excluding carboxylic acids is 2. The van der Waals surface area contributed by atoms with Gasteiger partial charge in [-0.05, 0) is 45.6 Å². The van der Waals surface area contributed by atoms with Gasteiger partial charge in [-0.25, -0.2) is 19.7 Å². The number of hydrogen-bond donors (Lipinski definition) is 2. The van der Waals surface area contributed by atoms with E-state index in [-0.39, 0.29) is 6.03 Å². The predicted molar refractivity (Wildman–Crippen MR) is 107 cm³/mol. The van der Waals surface area contributed by atoms with Crippen molar-refractivity contribution < 1.29 is 9.59 Å². The van der Waals surface area contributed by atoms with E-state index >= 15 is 0 Å². The molecule has 2 aromatic rings. The Morgan fingerprint density at radius 2 is 2.11 bits per heavy atom. The Kier molecular flexibility index (Phi) is 4.78. The number of aromatic nitrogens is 3. The van der Waals surface area contributed by atoms with Crippen molar-refractivity contribution >= 4 is 28.4 Å². The second kappa shape index (κ2) is 7.12. The van der Waals surface area contributed by atoms with Crippen molar-refractivity contribution in [1.82, 2.24) is 19.9 Å². The number of primary amides is 1. The van der Waals surface area contributed by atoms with E-state index in [0.29, 0.717) is 24.0 Å². The Morgan fingerprint density at radius 3 is 2.79 bits per heavy atom. The van der Waals surface area contributed by atoms with E-state index < -0.39 is 11.4 Å². The highest BCUT2D eigenvalue weighted by Gasteiger charge is 2.44. The highest BCUT2D eigenvalue weighted by atomic mass is 32.1. The molecule has 1 saturated carbocycles. The third kappa shape index (κ3) is 3.23. The molecule has 0 spiro atoms. The van der Waals surface area contributed by atoms with Gasteiger partial charge in [0.1, 0.15) is 11.4 Å². The van der Waals surface area contributed by atoms with Crippen molar-refractivity contribution in [2.45, 2.75) is 57.4 Å². The molecule has 0 aromatic carbocycles. The summed E-state index contributed by atoms with van der Waals surface area (Å²) in [6.07, 6.45) is 6.62. The smallest absolute Gasteiger partial charge is 0.324 e. The lowest BCUT2D eigenvalue weighted by Gasteiger charge is -2.31. The number of anilines is 1. The number of likely N-dealkylation sites (tertiary alicyclic amines) is 1. The molecule has 2 aromatic heterocycles. The number of nitrogens with two attached hydrogens (primary N) is 1. The van der Waals surface area contributed by atoms with Crippen LogP contribution in [0.2, 0.25) is 0 Å². The van der Waals surface area contributed by atoms with Crippen LogP contribution in [0.15, 0.2) is 12.3 Å². The summed E-state index contributed by atoms with van der Waals surface area (Å²) < 4.78 is 0. The fraction of sp³-hybridized carbons (Fsp3) is 0.526. The number of nitrogens with one attached hydrogen (secondary N) is 1. The van der Waals surface area contributed by atoms with E-state index in [1.54, 1.807) is 13.1 Å². The van der Waals surface area contributed by atoms with Crippen LogP contribution in [0.5, 0.6) is 0 Å². The molecule has 3 amide bonds. The molecular formula is C19H24N6O2S. The van der Waals surface area contributed by atoms with Crippen LogP contribution < -0.4 is 11.1 Å². The van der Waals surface area contributed by atoms with Crippen molar-refractivity contribution in [3.8, 4) is 10.6 Å². The average molecular weight is 401 g/mol. The number of carbonyl (C=O) groups is 2. The number of hydrogen-bond acceptors (Lipinski definition) is 6. The van der Waals surface area contributed by atoms with Crippen molar-refractivity contribution in [2.24, 2.45) is 5.73 Å². The maximum absolute atomic E-state index is 12.7. The maximum Gasteiger partial charge on any atom is 0.324 e. The second-order valence-electron chi connectivity index (χ2n) is 7.68. The molecule has 9 heteroatoms. The fourth-order valence-corrected chi connectivity index (χ4v) is 4.68. The van der Waals surface area contributed by atoms with E-state index in [9.17, 15) is 9.59 Å². The maximum atomic E-state index is 12.7. The van der Waals surface area contributed by atoms with Crippen molar-refractivity contribution in [1.29, 1.82) is 0 Å². The molecule has 1 aliphatic carbocycles. The van der Waals surface area contributed by atoms with E-state index in [1.807, 2.05) is 13.0 Å². The summed E-state index contributed by atoms with van der Waals surface area (Å²) in [5, 5.41) is 3.31. The van der Waals surface area contributed by atoms with Gasteiger partial charge in [0, 0.05) is 18.7 Å². The molecule has 1 atom stereocenters. The van der Waals surface area contributed by atoms with Gasteiger partial charge in [-0.3, -0.25) is 10.1 Å². The summed E-state index contributed by atoms with van der Waals surface area (Å²) in [6, 6.07) is 1.52. The number of amides is 3. The van der Waals surface area contributed by atoms with Crippen molar-refractivity contribution in [3.05, 3.63) is 23.8 Å². The minimum atomic E-state index is -0.955. The quantitative estimate of drug-likeness (QED) is 0.819. The van der Waals surface area contributed by atoms with E-state index in [4.69, 9.17) is 10.7 Å². The van der Waals surface area contributed by atoms with Gasteiger partial charge in [0.2, 0.25) is 5.91 Å². The van der Waals surface area contributed by atoms with Crippen LogP contribution >= 0.6 is 11.3 Å². The molecule has 3 N–H and O–H groups in total. The van der Waals surface area contributed by atoms with Crippen molar-refractivity contribution in [2.75, 3.05) is 11.9 Å². The SMILES string of the molecule is Cc1nc(NC(=O)N2CCC[C@@]2(C)C(N)=O)sc1-c1ccnc(C2CCC2)n1. The molecule has 0 bridgehead atoms. The summed E-state index contributed by atoms with van der Waals surface area (Å²) in [6.45, 7) is 4.11. The standard InChI is InChI=1S/C19H24N6O2S/c1-11-14(13-7-9-21-15(23-13)12-5-3-6-12)28-17(22-11)24-18(27)25-10-4-8-19(25,2)16(20)26/h7,9,12H,3-6,8,10H2,1-2H3,(H2,20,26)(H,22,24,27)/t19-/m0/s1.